The predicted octanol–water partition coefficient (Wildman–Crippen LogP) is -5.87. The molecule has 0 N–H and O–H groups in total. The molecule has 0 aliphatic rings. The largest absolute Gasteiger partial charge is 4.00 e. The van der Waals surface area contributed by atoms with Gasteiger partial charge >= 0.3 is 19.5 Å². The second-order valence-electron chi connectivity index (χ2n) is 6.31. The van der Waals surface area contributed by atoms with Crippen LogP contribution in [-0.4, -0.2) is 9.97 Å². The minimum absolute atomic E-state index is 0. The van der Waals surface area contributed by atoms with Gasteiger partial charge in [0.25, 0.3) is 0 Å². The fraction of sp³-hybridized carbons (Fsp3) is 0. The molecule has 0 bridgehead atoms. The summed E-state index contributed by atoms with van der Waals surface area (Å²) in [5.41, 5.74) is 6.65. The molecule has 7 heteroatoms. The first-order valence-electron chi connectivity index (χ1n) is 8.69. The molecule has 0 fully saturated rings. The molecule has 3 aromatic carbocycles. The summed E-state index contributed by atoms with van der Waals surface area (Å²) in [6.45, 7) is 0. The van der Waals surface area contributed by atoms with Crippen molar-refractivity contribution in [3.63, 3.8) is 0 Å². The van der Waals surface area contributed by atoms with E-state index in [2.05, 4.69) is 82.8 Å². The van der Waals surface area contributed by atoms with Crippen molar-refractivity contribution < 1.29 is 69.1 Å². The maximum atomic E-state index is 4.67. The molecule has 5 aromatic rings. The first kappa shape index (κ1) is 29.3. The zero-order chi connectivity index (χ0) is 17.3. The van der Waals surface area contributed by atoms with E-state index < -0.39 is 0 Å². The van der Waals surface area contributed by atoms with E-state index >= 15 is 0 Å². The third-order valence-electron chi connectivity index (χ3n) is 4.79. The van der Waals surface area contributed by atoms with Crippen LogP contribution >= 0.6 is 0 Å². The number of fused-ring (bicyclic) bond motifs is 3. The summed E-state index contributed by atoms with van der Waals surface area (Å²) >= 11 is 0. The fourth-order valence-corrected chi connectivity index (χ4v) is 3.57. The quantitative estimate of drug-likeness (QED) is 0.155. The SMILES string of the molecule is [Cl-].[Cl-].[Cl-].[Cl-].[Ru+4].c1ccc(-c2ccnc3c2ccc2c(-c4ccccc4)ccnc23)cc1. The molecule has 0 aliphatic carbocycles. The molecular formula is C24H16Cl4N2Ru. The van der Waals surface area contributed by atoms with E-state index in [1.54, 1.807) is 0 Å². The van der Waals surface area contributed by atoms with E-state index in [0.29, 0.717) is 0 Å². The second-order valence-corrected chi connectivity index (χ2v) is 6.31. The van der Waals surface area contributed by atoms with Crippen LogP contribution in [-0.2, 0) is 19.5 Å². The van der Waals surface area contributed by atoms with Gasteiger partial charge in [0.15, 0.2) is 0 Å². The Morgan fingerprint density at radius 1 is 0.419 bits per heavy atom. The summed E-state index contributed by atoms with van der Waals surface area (Å²) < 4.78 is 0. The van der Waals surface area contributed by atoms with Crippen molar-refractivity contribution in [1.29, 1.82) is 0 Å². The Bertz CT molecular complexity index is 1140. The maximum Gasteiger partial charge on any atom is 4.00 e. The van der Waals surface area contributed by atoms with Crippen LogP contribution in [0.25, 0.3) is 44.1 Å². The van der Waals surface area contributed by atoms with Crippen molar-refractivity contribution in [3.05, 3.63) is 97.3 Å². The van der Waals surface area contributed by atoms with Gasteiger partial charge in [-0.3, -0.25) is 9.97 Å². The van der Waals surface area contributed by atoms with Crippen LogP contribution in [0.4, 0.5) is 0 Å². The van der Waals surface area contributed by atoms with E-state index in [0.717, 1.165) is 21.8 Å². The van der Waals surface area contributed by atoms with E-state index in [9.17, 15) is 0 Å². The standard InChI is InChI=1S/C24H16N2.4ClH.Ru/c1-3-7-17(8-4-1)19-13-15-25-23-21(19)11-12-22-20(14-16-26-24(22)23)18-9-5-2-6-10-18;;;;;/h1-16H;4*1H;/q;;;;;+4/p-4. The van der Waals surface area contributed by atoms with Crippen LogP contribution in [0.3, 0.4) is 0 Å². The molecule has 0 spiro atoms. The average molecular weight is 575 g/mol. The van der Waals surface area contributed by atoms with E-state index in [4.69, 9.17) is 0 Å². The number of nitrogens with zero attached hydrogens (tertiary/aromatic N) is 2. The molecule has 0 amide bonds. The van der Waals surface area contributed by atoms with Gasteiger partial charge in [-0.05, 0) is 34.4 Å². The van der Waals surface area contributed by atoms with Gasteiger partial charge in [-0.1, -0.05) is 72.8 Å². The number of hydrogen-bond donors (Lipinski definition) is 0. The number of pyridine rings is 2. The van der Waals surface area contributed by atoms with Crippen molar-refractivity contribution in [2.75, 3.05) is 0 Å². The van der Waals surface area contributed by atoms with Crippen LogP contribution in [0.15, 0.2) is 97.3 Å². The molecule has 2 heterocycles. The molecular weight excluding hydrogens is 559 g/mol. The number of hydrogen-bond acceptors (Lipinski definition) is 2. The van der Waals surface area contributed by atoms with Gasteiger partial charge < -0.3 is 49.6 Å². The minimum Gasteiger partial charge on any atom is -1.00 e. The molecule has 0 aliphatic heterocycles. The van der Waals surface area contributed by atoms with Gasteiger partial charge in [0.1, 0.15) is 0 Å². The Labute approximate surface area is 219 Å². The second kappa shape index (κ2) is 13.0. The zero-order valence-electron chi connectivity index (χ0n) is 16.0. The topological polar surface area (TPSA) is 25.8 Å². The molecule has 2 aromatic heterocycles. The summed E-state index contributed by atoms with van der Waals surface area (Å²) in [6, 6.07) is 29.3. The normalized spacial score (nSPS) is 9.29. The van der Waals surface area contributed by atoms with Crippen LogP contribution in [0.1, 0.15) is 0 Å². The fourth-order valence-electron chi connectivity index (χ4n) is 3.57. The Kier molecular flexibility index (Phi) is 12.2. The summed E-state index contributed by atoms with van der Waals surface area (Å²) in [4.78, 5) is 9.34. The van der Waals surface area contributed by atoms with Gasteiger partial charge in [-0.25, -0.2) is 0 Å². The third kappa shape index (κ3) is 5.55. The zero-order valence-corrected chi connectivity index (χ0v) is 20.8. The van der Waals surface area contributed by atoms with Crippen LogP contribution in [0.5, 0.6) is 0 Å². The van der Waals surface area contributed by atoms with Crippen molar-refractivity contribution in [1.82, 2.24) is 9.97 Å². The van der Waals surface area contributed by atoms with Gasteiger partial charge in [0, 0.05) is 23.2 Å². The summed E-state index contributed by atoms with van der Waals surface area (Å²) in [5.74, 6) is 0. The van der Waals surface area contributed by atoms with Crippen molar-refractivity contribution in [2.24, 2.45) is 0 Å². The maximum absolute atomic E-state index is 4.67. The molecule has 0 atom stereocenters. The van der Waals surface area contributed by atoms with Crippen molar-refractivity contribution in [2.45, 2.75) is 0 Å². The van der Waals surface area contributed by atoms with Gasteiger partial charge in [-0.2, -0.15) is 0 Å². The number of benzene rings is 3. The molecule has 0 unspecified atom stereocenters. The predicted molar refractivity (Wildman–Crippen MR) is 108 cm³/mol. The average Bonchev–Trinajstić information content (AvgIpc) is 2.74. The van der Waals surface area contributed by atoms with Gasteiger partial charge in [0.05, 0.1) is 11.0 Å². The van der Waals surface area contributed by atoms with Gasteiger partial charge in [-0.15, -0.1) is 0 Å². The Morgan fingerprint density at radius 3 is 1.13 bits per heavy atom. The first-order chi connectivity index (χ1) is 12.9. The molecule has 0 saturated carbocycles. The Morgan fingerprint density at radius 2 is 0.774 bits per heavy atom. The van der Waals surface area contributed by atoms with E-state index in [1.807, 2.05) is 24.5 Å². The van der Waals surface area contributed by atoms with Crippen molar-refractivity contribution in [3.8, 4) is 22.3 Å². The van der Waals surface area contributed by atoms with Crippen molar-refractivity contribution >= 4 is 21.8 Å². The number of aromatic nitrogens is 2. The molecule has 0 saturated heterocycles. The molecule has 158 valence electrons. The monoisotopic (exact) mass is 574 g/mol. The summed E-state index contributed by atoms with van der Waals surface area (Å²) in [5, 5.41) is 2.26. The Hall–Kier alpha value is -1.74. The third-order valence-corrected chi connectivity index (χ3v) is 4.79. The van der Waals surface area contributed by atoms with Crippen LogP contribution in [0, 0.1) is 0 Å². The van der Waals surface area contributed by atoms with Crippen LogP contribution in [0.2, 0.25) is 0 Å². The first-order valence-corrected chi connectivity index (χ1v) is 8.69. The number of halogens is 4. The van der Waals surface area contributed by atoms with E-state index in [-0.39, 0.29) is 69.1 Å². The smallest absolute Gasteiger partial charge is 1.00 e. The Balaban J connectivity index is 0.00000180. The van der Waals surface area contributed by atoms with Gasteiger partial charge in [0.2, 0.25) is 0 Å². The summed E-state index contributed by atoms with van der Waals surface area (Å²) in [6.07, 6.45) is 3.75. The summed E-state index contributed by atoms with van der Waals surface area (Å²) in [7, 11) is 0. The van der Waals surface area contributed by atoms with Crippen LogP contribution < -0.4 is 49.6 Å². The molecule has 2 nitrogen and oxygen atoms in total. The molecule has 5 rings (SSSR count). The number of rotatable bonds is 2. The molecule has 0 radical (unpaired) electrons. The molecule has 31 heavy (non-hydrogen) atoms. The minimum atomic E-state index is 0. The van der Waals surface area contributed by atoms with E-state index in [1.165, 1.54) is 22.3 Å².